The molecule has 144 valence electrons. The van der Waals surface area contributed by atoms with Crippen LogP contribution in [0.3, 0.4) is 0 Å². The summed E-state index contributed by atoms with van der Waals surface area (Å²) in [5, 5.41) is 0. The van der Waals surface area contributed by atoms with E-state index in [1.165, 1.54) is 12.8 Å². The first-order valence-corrected chi connectivity index (χ1v) is 9.90. The van der Waals surface area contributed by atoms with Gasteiger partial charge in [-0.1, -0.05) is 67.7 Å². The van der Waals surface area contributed by atoms with Crippen molar-refractivity contribution in [2.45, 2.75) is 93.2 Å². The molecule has 0 saturated carbocycles. The van der Waals surface area contributed by atoms with Crippen LogP contribution in [0.5, 0.6) is 0 Å². The van der Waals surface area contributed by atoms with Gasteiger partial charge in [-0.05, 0) is 24.2 Å². The van der Waals surface area contributed by atoms with Crippen LogP contribution in [0, 0.1) is 16.2 Å². The molecule has 2 aliphatic heterocycles. The van der Waals surface area contributed by atoms with Crippen molar-refractivity contribution in [3.05, 3.63) is 0 Å². The lowest BCUT2D eigenvalue weighted by Crippen LogP contribution is -2.37. The molecule has 0 unspecified atom stereocenters. The van der Waals surface area contributed by atoms with Gasteiger partial charge < -0.3 is 9.47 Å². The van der Waals surface area contributed by atoms with E-state index in [9.17, 15) is 0 Å². The van der Waals surface area contributed by atoms with Gasteiger partial charge in [0.25, 0.3) is 0 Å². The normalized spacial score (nSPS) is 24.6. The lowest BCUT2D eigenvalue weighted by molar-refractivity contribution is 0.208. The van der Waals surface area contributed by atoms with Crippen molar-refractivity contribution in [1.29, 1.82) is 0 Å². The number of ether oxygens (including phenoxy) is 2. The maximum absolute atomic E-state index is 6.11. The second-order valence-corrected chi connectivity index (χ2v) is 10.0. The van der Waals surface area contributed by atoms with Crippen LogP contribution in [-0.2, 0) is 9.47 Å². The number of unbranched alkanes of at least 4 members (excludes halogenated alkanes) is 2. The summed E-state index contributed by atoms with van der Waals surface area (Å²) in [7, 11) is 0. The zero-order valence-electron chi connectivity index (χ0n) is 17.6. The van der Waals surface area contributed by atoms with Crippen molar-refractivity contribution >= 4 is 11.8 Å². The molecular formula is C21H38N2O2. The van der Waals surface area contributed by atoms with Crippen molar-refractivity contribution in [2.75, 3.05) is 13.2 Å². The quantitative estimate of drug-likeness (QED) is 0.613. The van der Waals surface area contributed by atoms with Gasteiger partial charge in [-0.2, -0.15) is 0 Å². The minimum atomic E-state index is -0.338. The molecule has 2 aliphatic rings. The molecule has 25 heavy (non-hydrogen) atoms. The molecule has 0 bridgehead atoms. The molecule has 2 atom stereocenters. The fourth-order valence-electron chi connectivity index (χ4n) is 3.27. The molecule has 2 heterocycles. The van der Waals surface area contributed by atoms with Gasteiger partial charge in [-0.3, -0.25) is 0 Å². The highest BCUT2D eigenvalue weighted by molar-refractivity contribution is 6.05. The third-order valence-corrected chi connectivity index (χ3v) is 5.53. The Morgan fingerprint density at radius 1 is 0.800 bits per heavy atom. The Labute approximate surface area is 154 Å². The predicted octanol–water partition coefficient (Wildman–Crippen LogP) is 5.26. The Hall–Kier alpha value is -1.06. The van der Waals surface area contributed by atoms with Gasteiger partial charge >= 0.3 is 0 Å². The molecule has 0 radical (unpaired) electrons. The smallest absolute Gasteiger partial charge is 0.199 e. The maximum Gasteiger partial charge on any atom is 0.199 e. The van der Waals surface area contributed by atoms with E-state index in [1.807, 2.05) is 0 Å². The van der Waals surface area contributed by atoms with Gasteiger partial charge in [0.2, 0.25) is 0 Å². The molecule has 0 aromatic carbocycles. The molecule has 4 heteroatoms. The summed E-state index contributed by atoms with van der Waals surface area (Å²) in [6.45, 7) is 19.1. The maximum atomic E-state index is 6.11. The number of aliphatic imine (C=N–C) groups is 2. The molecule has 0 spiro atoms. The van der Waals surface area contributed by atoms with Crippen molar-refractivity contribution < 1.29 is 9.47 Å². The van der Waals surface area contributed by atoms with Gasteiger partial charge in [0.15, 0.2) is 11.8 Å². The Kier molecular flexibility index (Phi) is 5.90. The molecule has 0 N–H and O–H groups in total. The average molecular weight is 351 g/mol. The monoisotopic (exact) mass is 350 g/mol. The second kappa shape index (κ2) is 7.28. The number of rotatable bonds is 6. The summed E-state index contributed by atoms with van der Waals surface area (Å²) in [4.78, 5) is 9.95. The first-order chi connectivity index (χ1) is 11.5. The SMILES string of the molecule is CCCCCC(C)(C1=N[C@@H](C(C)(C)C)CO1)C1=N[C@@H](C(C)(C)C)CO1. The van der Waals surface area contributed by atoms with E-state index in [1.54, 1.807) is 0 Å². The van der Waals surface area contributed by atoms with Gasteiger partial charge in [-0.15, -0.1) is 0 Å². The van der Waals surface area contributed by atoms with Crippen LogP contribution in [0.2, 0.25) is 0 Å². The summed E-state index contributed by atoms with van der Waals surface area (Å²) < 4.78 is 12.2. The highest BCUT2D eigenvalue weighted by Gasteiger charge is 2.47. The van der Waals surface area contributed by atoms with Gasteiger partial charge in [-0.25, -0.2) is 9.98 Å². The van der Waals surface area contributed by atoms with Gasteiger partial charge in [0.1, 0.15) is 18.6 Å². The van der Waals surface area contributed by atoms with Crippen LogP contribution in [-0.4, -0.2) is 37.1 Å². The van der Waals surface area contributed by atoms with E-state index < -0.39 is 0 Å². The standard InChI is InChI=1S/C21H38N2O2/c1-9-10-11-12-21(8,17-22-15(13-24-17)19(2,3)4)18-23-16(14-25-18)20(5,6)7/h15-16H,9-14H2,1-8H3/t15-,16-/m1/s1. The minimum Gasteiger partial charge on any atom is -0.478 e. The number of nitrogens with zero attached hydrogens (tertiary/aromatic N) is 2. The molecule has 0 saturated heterocycles. The largest absolute Gasteiger partial charge is 0.478 e. The van der Waals surface area contributed by atoms with Crippen LogP contribution in [0.15, 0.2) is 9.98 Å². The van der Waals surface area contributed by atoms with E-state index in [0.717, 1.165) is 24.6 Å². The molecule has 2 rings (SSSR count). The summed E-state index contributed by atoms with van der Waals surface area (Å²) in [5.41, 5.74) is -0.119. The van der Waals surface area contributed by atoms with E-state index in [4.69, 9.17) is 19.5 Å². The molecular weight excluding hydrogens is 312 g/mol. The van der Waals surface area contributed by atoms with Crippen molar-refractivity contribution in [1.82, 2.24) is 0 Å². The average Bonchev–Trinajstić information content (AvgIpc) is 3.16. The second-order valence-electron chi connectivity index (χ2n) is 10.0. The topological polar surface area (TPSA) is 43.2 Å². The first kappa shape index (κ1) is 20.3. The number of hydrogen-bond donors (Lipinski definition) is 0. The van der Waals surface area contributed by atoms with Crippen LogP contribution < -0.4 is 0 Å². The molecule has 4 nitrogen and oxygen atoms in total. The van der Waals surface area contributed by atoms with Crippen LogP contribution >= 0.6 is 0 Å². The molecule has 0 aliphatic carbocycles. The fraction of sp³-hybridized carbons (Fsp3) is 0.905. The summed E-state index contributed by atoms with van der Waals surface area (Å²) in [6, 6.07) is 0.404. The number of hydrogen-bond acceptors (Lipinski definition) is 4. The van der Waals surface area contributed by atoms with E-state index >= 15 is 0 Å². The van der Waals surface area contributed by atoms with E-state index in [2.05, 4.69) is 55.4 Å². The van der Waals surface area contributed by atoms with Crippen LogP contribution in [0.25, 0.3) is 0 Å². The Morgan fingerprint density at radius 3 is 1.56 bits per heavy atom. The van der Waals surface area contributed by atoms with Crippen molar-refractivity contribution in [2.24, 2.45) is 26.2 Å². The predicted molar refractivity (Wildman–Crippen MR) is 106 cm³/mol. The molecule has 0 aromatic heterocycles. The van der Waals surface area contributed by atoms with E-state index in [-0.39, 0.29) is 28.3 Å². The van der Waals surface area contributed by atoms with Crippen molar-refractivity contribution in [3.8, 4) is 0 Å². The third-order valence-electron chi connectivity index (χ3n) is 5.53. The molecule has 0 aromatic rings. The van der Waals surface area contributed by atoms with Gasteiger partial charge in [0, 0.05) is 0 Å². The highest BCUT2D eigenvalue weighted by atomic mass is 16.5. The molecule has 0 fully saturated rings. The third kappa shape index (κ3) is 4.57. The van der Waals surface area contributed by atoms with Gasteiger partial charge in [0.05, 0.1) is 12.1 Å². The van der Waals surface area contributed by atoms with E-state index in [0.29, 0.717) is 13.2 Å². The summed E-state index contributed by atoms with van der Waals surface area (Å²) in [6.07, 6.45) is 4.53. The summed E-state index contributed by atoms with van der Waals surface area (Å²) in [5.74, 6) is 1.66. The minimum absolute atomic E-state index is 0.109. The summed E-state index contributed by atoms with van der Waals surface area (Å²) >= 11 is 0. The van der Waals surface area contributed by atoms with Crippen molar-refractivity contribution in [3.63, 3.8) is 0 Å². The van der Waals surface area contributed by atoms with Crippen LogP contribution in [0.1, 0.15) is 81.1 Å². The first-order valence-electron chi connectivity index (χ1n) is 9.90. The Morgan fingerprint density at radius 2 is 1.24 bits per heavy atom. The lowest BCUT2D eigenvalue weighted by atomic mass is 9.83. The Balaban J connectivity index is 2.29. The molecule has 0 amide bonds. The Bertz CT molecular complexity index is 483. The lowest BCUT2D eigenvalue weighted by Gasteiger charge is -2.28. The highest BCUT2D eigenvalue weighted by Crippen LogP contribution is 2.39. The zero-order chi connectivity index (χ0) is 18.9. The van der Waals surface area contributed by atoms with Crippen LogP contribution in [0.4, 0.5) is 0 Å². The zero-order valence-corrected chi connectivity index (χ0v) is 17.6. The fourth-order valence-corrected chi connectivity index (χ4v) is 3.27.